The first kappa shape index (κ1) is 20.6. The van der Waals surface area contributed by atoms with Crippen molar-refractivity contribution in [2.75, 3.05) is 11.9 Å². The molecule has 10 heteroatoms. The number of amides is 1. The molecule has 0 saturated carbocycles. The van der Waals surface area contributed by atoms with E-state index in [0.29, 0.717) is 11.4 Å². The summed E-state index contributed by atoms with van der Waals surface area (Å²) in [7, 11) is 0. The Kier molecular flexibility index (Phi) is 6.48. The summed E-state index contributed by atoms with van der Waals surface area (Å²) >= 11 is 0. The standard InChI is InChI=1S/C20H18N4O6/c1-13-7-8-15(11-16(13)24(27)28)21-17(25)12-29-19(26)10-9-18-22-20(23-30-18)14-5-3-2-4-6-14/h2-8,11H,9-10,12H2,1H3,(H,21,25). The van der Waals surface area contributed by atoms with Gasteiger partial charge >= 0.3 is 5.97 Å². The van der Waals surface area contributed by atoms with Crippen molar-refractivity contribution in [1.29, 1.82) is 0 Å². The first-order chi connectivity index (χ1) is 14.4. The lowest BCUT2D eigenvalue weighted by Crippen LogP contribution is -2.21. The van der Waals surface area contributed by atoms with Gasteiger partial charge in [0.2, 0.25) is 11.7 Å². The van der Waals surface area contributed by atoms with Crippen LogP contribution in [0.3, 0.4) is 0 Å². The molecule has 0 aliphatic heterocycles. The van der Waals surface area contributed by atoms with Crippen molar-refractivity contribution in [3.8, 4) is 11.4 Å². The Morgan fingerprint density at radius 2 is 1.97 bits per heavy atom. The van der Waals surface area contributed by atoms with Crippen molar-refractivity contribution < 1.29 is 23.8 Å². The quantitative estimate of drug-likeness (QED) is 0.340. The average molecular weight is 410 g/mol. The highest BCUT2D eigenvalue weighted by atomic mass is 16.6. The molecule has 0 atom stereocenters. The molecule has 0 saturated heterocycles. The molecule has 1 amide bonds. The second-order valence-electron chi connectivity index (χ2n) is 6.34. The minimum absolute atomic E-state index is 0.0420. The van der Waals surface area contributed by atoms with Crippen molar-refractivity contribution in [1.82, 2.24) is 10.1 Å². The van der Waals surface area contributed by atoms with Gasteiger partial charge in [0, 0.05) is 29.3 Å². The van der Waals surface area contributed by atoms with E-state index in [1.54, 1.807) is 6.92 Å². The van der Waals surface area contributed by atoms with Crippen molar-refractivity contribution in [3.05, 3.63) is 70.1 Å². The zero-order valence-corrected chi connectivity index (χ0v) is 16.0. The smallest absolute Gasteiger partial charge is 0.306 e. The number of carbonyl (C=O) groups excluding carboxylic acids is 2. The normalized spacial score (nSPS) is 10.4. The first-order valence-electron chi connectivity index (χ1n) is 9.01. The summed E-state index contributed by atoms with van der Waals surface area (Å²) in [6.45, 7) is 1.08. The maximum absolute atomic E-state index is 11.9. The molecule has 10 nitrogen and oxygen atoms in total. The number of hydrogen-bond donors (Lipinski definition) is 1. The summed E-state index contributed by atoms with van der Waals surface area (Å²) in [4.78, 5) is 38.4. The fourth-order valence-electron chi connectivity index (χ4n) is 2.57. The van der Waals surface area contributed by atoms with Crippen molar-refractivity contribution >= 4 is 23.3 Å². The molecule has 3 rings (SSSR count). The number of aryl methyl sites for hydroxylation is 2. The molecule has 1 aromatic heterocycles. The van der Waals surface area contributed by atoms with E-state index >= 15 is 0 Å². The van der Waals surface area contributed by atoms with Crippen molar-refractivity contribution in [3.63, 3.8) is 0 Å². The van der Waals surface area contributed by atoms with Crippen LogP contribution in [0.1, 0.15) is 17.9 Å². The number of esters is 1. The van der Waals surface area contributed by atoms with E-state index in [1.165, 1.54) is 18.2 Å². The summed E-state index contributed by atoms with van der Waals surface area (Å²) in [5.41, 5.74) is 1.40. The Morgan fingerprint density at radius 1 is 1.20 bits per heavy atom. The number of carbonyl (C=O) groups is 2. The number of anilines is 1. The lowest BCUT2D eigenvalue weighted by molar-refractivity contribution is -0.385. The molecule has 0 radical (unpaired) electrons. The van der Waals surface area contributed by atoms with Crippen LogP contribution in [0.15, 0.2) is 53.1 Å². The lowest BCUT2D eigenvalue weighted by atomic mass is 10.2. The minimum atomic E-state index is -0.612. The fraction of sp³-hybridized carbons (Fsp3) is 0.200. The summed E-state index contributed by atoms with van der Waals surface area (Å²) in [6, 6.07) is 13.5. The van der Waals surface area contributed by atoms with Gasteiger partial charge in [0.15, 0.2) is 6.61 Å². The molecule has 0 bridgehead atoms. The lowest BCUT2D eigenvalue weighted by Gasteiger charge is -2.07. The van der Waals surface area contributed by atoms with Gasteiger partial charge in [-0.2, -0.15) is 4.98 Å². The van der Waals surface area contributed by atoms with Crippen LogP contribution in [0.2, 0.25) is 0 Å². The van der Waals surface area contributed by atoms with E-state index in [1.807, 2.05) is 30.3 Å². The number of rotatable bonds is 8. The van der Waals surface area contributed by atoms with Crippen molar-refractivity contribution in [2.24, 2.45) is 0 Å². The van der Waals surface area contributed by atoms with Crippen LogP contribution in [0.25, 0.3) is 11.4 Å². The zero-order chi connectivity index (χ0) is 21.5. The van der Waals surface area contributed by atoms with Gasteiger partial charge in [0.05, 0.1) is 11.3 Å². The van der Waals surface area contributed by atoms with Gasteiger partial charge in [0.25, 0.3) is 11.6 Å². The molecule has 0 aliphatic rings. The predicted molar refractivity (Wildman–Crippen MR) is 105 cm³/mol. The number of nitrogens with one attached hydrogen (secondary N) is 1. The van der Waals surface area contributed by atoms with E-state index in [4.69, 9.17) is 9.26 Å². The average Bonchev–Trinajstić information content (AvgIpc) is 3.22. The molecule has 0 spiro atoms. The number of nitro benzene ring substituents is 1. The number of nitrogens with zero attached hydrogens (tertiary/aromatic N) is 3. The van der Waals surface area contributed by atoms with Crippen LogP contribution in [0.4, 0.5) is 11.4 Å². The van der Waals surface area contributed by atoms with Gasteiger partial charge in [-0.1, -0.05) is 41.6 Å². The highest BCUT2D eigenvalue weighted by molar-refractivity contribution is 5.93. The van der Waals surface area contributed by atoms with Crippen LogP contribution in [-0.2, 0) is 20.7 Å². The topological polar surface area (TPSA) is 137 Å². The Labute approximate surface area is 171 Å². The molecule has 1 heterocycles. The fourth-order valence-corrected chi connectivity index (χ4v) is 2.57. The number of benzene rings is 2. The molecule has 30 heavy (non-hydrogen) atoms. The molecular weight excluding hydrogens is 392 g/mol. The Hall–Kier alpha value is -4.08. The second-order valence-corrected chi connectivity index (χ2v) is 6.34. The van der Waals surface area contributed by atoms with Gasteiger partial charge in [-0.3, -0.25) is 19.7 Å². The Bertz CT molecular complexity index is 1060. The molecule has 0 fully saturated rings. The SMILES string of the molecule is Cc1ccc(NC(=O)COC(=O)CCc2nc(-c3ccccc3)no2)cc1[N+](=O)[O-]. The van der Waals surface area contributed by atoms with Crippen LogP contribution in [-0.4, -0.2) is 33.5 Å². The number of hydrogen-bond acceptors (Lipinski definition) is 8. The number of ether oxygens (including phenoxy) is 1. The van der Waals surface area contributed by atoms with Gasteiger partial charge in [-0.05, 0) is 13.0 Å². The van der Waals surface area contributed by atoms with E-state index in [-0.39, 0.29) is 30.1 Å². The summed E-state index contributed by atoms with van der Waals surface area (Å²) in [5.74, 6) is -0.516. The molecule has 1 N–H and O–H groups in total. The van der Waals surface area contributed by atoms with E-state index in [9.17, 15) is 19.7 Å². The van der Waals surface area contributed by atoms with Crippen LogP contribution in [0, 0.1) is 17.0 Å². The summed E-state index contributed by atoms with van der Waals surface area (Å²) in [6.07, 6.45) is 0.129. The molecule has 3 aromatic rings. The molecular formula is C20H18N4O6. The van der Waals surface area contributed by atoms with Gasteiger partial charge in [-0.15, -0.1) is 0 Å². The van der Waals surface area contributed by atoms with E-state index in [2.05, 4.69) is 15.5 Å². The minimum Gasteiger partial charge on any atom is -0.456 e. The zero-order valence-electron chi connectivity index (χ0n) is 16.0. The van der Waals surface area contributed by atoms with Crippen LogP contribution < -0.4 is 5.32 Å². The summed E-state index contributed by atoms with van der Waals surface area (Å²) < 4.78 is 10.0. The Balaban J connectivity index is 1.45. The van der Waals surface area contributed by atoms with E-state index in [0.717, 1.165) is 5.56 Å². The molecule has 0 unspecified atom stereocenters. The summed E-state index contributed by atoms with van der Waals surface area (Å²) in [5, 5.41) is 17.3. The van der Waals surface area contributed by atoms with Crippen LogP contribution in [0.5, 0.6) is 0 Å². The molecule has 0 aliphatic carbocycles. The predicted octanol–water partition coefficient (Wildman–Crippen LogP) is 3.07. The second kappa shape index (κ2) is 9.41. The largest absolute Gasteiger partial charge is 0.456 e. The van der Waals surface area contributed by atoms with Crippen molar-refractivity contribution in [2.45, 2.75) is 19.8 Å². The number of aromatic nitrogens is 2. The third-order valence-electron chi connectivity index (χ3n) is 4.10. The van der Waals surface area contributed by atoms with Crippen LogP contribution >= 0.6 is 0 Å². The third-order valence-corrected chi connectivity index (χ3v) is 4.10. The maximum atomic E-state index is 11.9. The highest BCUT2D eigenvalue weighted by Gasteiger charge is 2.15. The van der Waals surface area contributed by atoms with Gasteiger partial charge in [0.1, 0.15) is 0 Å². The monoisotopic (exact) mass is 410 g/mol. The van der Waals surface area contributed by atoms with E-state index < -0.39 is 23.4 Å². The van der Waals surface area contributed by atoms with Gasteiger partial charge in [-0.25, -0.2) is 0 Å². The first-order valence-corrected chi connectivity index (χ1v) is 9.01. The molecule has 2 aromatic carbocycles. The number of nitro groups is 1. The third kappa shape index (κ3) is 5.47. The molecule has 154 valence electrons. The maximum Gasteiger partial charge on any atom is 0.306 e. The Morgan fingerprint density at radius 3 is 2.70 bits per heavy atom. The highest BCUT2D eigenvalue weighted by Crippen LogP contribution is 2.22. The van der Waals surface area contributed by atoms with Gasteiger partial charge < -0.3 is 14.6 Å².